The van der Waals surface area contributed by atoms with Gasteiger partial charge in [0.2, 0.25) is 0 Å². The first-order valence-corrected chi connectivity index (χ1v) is 12.8. The quantitative estimate of drug-likeness (QED) is 0.195. The molecule has 0 radical (unpaired) electrons. The molecule has 3 nitrogen and oxygen atoms in total. The van der Waals surface area contributed by atoms with E-state index in [0.717, 1.165) is 21.2 Å². The highest BCUT2D eigenvalue weighted by Gasteiger charge is 2.39. The zero-order chi connectivity index (χ0) is 25.9. The zero-order valence-electron chi connectivity index (χ0n) is 20.4. The molecule has 1 aromatic heterocycles. The predicted octanol–water partition coefficient (Wildman–Crippen LogP) is 7.65. The molecule has 5 aromatic rings. The van der Waals surface area contributed by atoms with Crippen LogP contribution in [0.15, 0.2) is 126 Å². The fourth-order valence-electron chi connectivity index (χ4n) is 5.10. The molecule has 5 heteroatoms. The normalized spacial score (nSPS) is 13.0. The minimum atomic E-state index is -1.10. The van der Waals surface area contributed by atoms with Gasteiger partial charge in [0, 0.05) is 22.7 Å². The lowest BCUT2D eigenvalue weighted by Crippen LogP contribution is -2.37. The lowest BCUT2D eigenvalue weighted by atomic mass is 9.76. The van der Waals surface area contributed by atoms with Crippen molar-refractivity contribution in [3.8, 4) is 6.07 Å². The third-order valence-electron chi connectivity index (χ3n) is 6.90. The maximum atomic E-state index is 14.8. The number of hydrogen-bond acceptors (Lipinski definition) is 2. The monoisotopic (exact) mass is 549 g/mol. The van der Waals surface area contributed by atoms with Crippen molar-refractivity contribution >= 4 is 15.9 Å². The van der Waals surface area contributed by atoms with Gasteiger partial charge in [-0.25, -0.2) is 9.37 Å². The van der Waals surface area contributed by atoms with Crippen LogP contribution in [0.4, 0.5) is 4.39 Å². The van der Waals surface area contributed by atoms with E-state index in [-0.39, 0.29) is 6.42 Å². The first kappa shape index (κ1) is 24.7. The van der Waals surface area contributed by atoms with Gasteiger partial charge >= 0.3 is 0 Å². The van der Waals surface area contributed by atoms with E-state index < -0.39 is 16.8 Å². The van der Waals surface area contributed by atoms with Crippen LogP contribution < -0.4 is 0 Å². The largest absolute Gasteiger partial charge is 0.319 e. The Morgan fingerprint density at radius 2 is 1.35 bits per heavy atom. The molecule has 0 aliphatic carbocycles. The van der Waals surface area contributed by atoms with Gasteiger partial charge in [-0.3, -0.25) is 0 Å². The van der Waals surface area contributed by atoms with Crippen molar-refractivity contribution < 1.29 is 4.39 Å². The van der Waals surface area contributed by atoms with Gasteiger partial charge in [0.25, 0.3) is 0 Å². The Bertz CT molecular complexity index is 1450. The smallest absolute Gasteiger partial charge is 0.128 e. The molecular formula is C32H25BrFN3. The highest BCUT2D eigenvalue weighted by atomic mass is 79.9. The van der Waals surface area contributed by atoms with Gasteiger partial charge in [0.1, 0.15) is 11.4 Å². The molecule has 0 aliphatic heterocycles. The molecule has 0 fully saturated rings. The van der Waals surface area contributed by atoms with Gasteiger partial charge < -0.3 is 4.57 Å². The van der Waals surface area contributed by atoms with Crippen LogP contribution in [0.3, 0.4) is 0 Å². The molecule has 0 spiro atoms. The molecule has 0 saturated heterocycles. The maximum Gasteiger partial charge on any atom is 0.128 e. The number of aromatic nitrogens is 2. The lowest BCUT2D eigenvalue weighted by Gasteiger charge is -2.37. The van der Waals surface area contributed by atoms with Crippen molar-refractivity contribution in [1.82, 2.24) is 9.55 Å². The van der Waals surface area contributed by atoms with E-state index in [4.69, 9.17) is 4.98 Å². The van der Waals surface area contributed by atoms with Crippen LogP contribution in [-0.4, -0.2) is 9.55 Å². The lowest BCUT2D eigenvalue weighted by molar-refractivity contribution is 0.511. The number of nitriles is 1. The van der Waals surface area contributed by atoms with Crippen LogP contribution in [0.5, 0.6) is 0 Å². The molecular weight excluding hydrogens is 525 g/mol. The third-order valence-corrected chi connectivity index (χ3v) is 7.40. The van der Waals surface area contributed by atoms with E-state index in [1.807, 2.05) is 67.1 Å². The topological polar surface area (TPSA) is 41.6 Å². The van der Waals surface area contributed by atoms with E-state index in [1.165, 1.54) is 6.07 Å². The summed E-state index contributed by atoms with van der Waals surface area (Å²) in [4.78, 5) is 4.75. The number of rotatable bonds is 7. The Labute approximate surface area is 225 Å². The molecule has 1 heterocycles. The van der Waals surface area contributed by atoms with Crippen molar-refractivity contribution in [3.63, 3.8) is 0 Å². The van der Waals surface area contributed by atoms with E-state index >= 15 is 0 Å². The third kappa shape index (κ3) is 4.50. The first-order valence-electron chi connectivity index (χ1n) is 12.0. The second-order valence-corrected chi connectivity index (χ2v) is 10.2. The average molecular weight is 550 g/mol. The molecule has 0 aliphatic rings. The fourth-order valence-corrected chi connectivity index (χ4v) is 5.46. The summed E-state index contributed by atoms with van der Waals surface area (Å²) in [6.45, 7) is 1.76. The second-order valence-electron chi connectivity index (χ2n) is 9.33. The van der Waals surface area contributed by atoms with E-state index in [0.29, 0.717) is 11.3 Å². The number of imidazole rings is 1. The van der Waals surface area contributed by atoms with E-state index in [1.54, 1.807) is 19.1 Å². The van der Waals surface area contributed by atoms with E-state index in [2.05, 4.69) is 63.0 Å². The zero-order valence-corrected chi connectivity index (χ0v) is 21.9. The summed E-state index contributed by atoms with van der Waals surface area (Å²) in [5.74, 6) is -0.404. The Balaban J connectivity index is 1.69. The minimum Gasteiger partial charge on any atom is -0.319 e. The van der Waals surface area contributed by atoms with Crippen LogP contribution in [0.25, 0.3) is 0 Å². The van der Waals surface area contributed by atoms with Crippen molar-refractivity contribution in [2.45, 2.75) is 24.3 Å². The summed E-state index contributed by atoms with van der Waals surface area (Å²) in [5.41, 5.74) is 2.50. The Kier molecular flexibility index (Phi) is 6.78. The van der Waals surface area contributed by atoms with Gasteiger partial charge in [-0.1, -0.05) is 107 Å². The molecule has 0 N–H and O–H groups in total. The second kappa shape index (κ2) is 10.2. The predicted molar refractivity (Wildman–Crippen MR) is 148 cm³/mol. The molecule has 182 valence electrons. The number of benzene rings is 4. The van der Waals surface area contributed by atoms with Gasteiger partial charge in [-0.05, 0) is 41.8 Å². The summed E-state index contributed by atoms with van der Waals surface area (Å²) in [6.07, 6.45) is 4.06. The SMILES string of the molecule is CC(C#N)(Cc1cn(C(c2ccccc2)(c2ccccc2)c2ccccc2)cn1)c1cc(Br)ccc1F. The Morgan fingerprint density at radius 3 is 1.84 bits per heavy atom. The summed E-state index contributed by atoms with van der Waals surface area (Å²) in [7, 11) is 0. The van der Waals surface area contributed by atoms with Gasteiger partial charge in [0.15, 0.2) is 0 Å². The first-order chi connectivity index (χ1) is 18.0. The van der Waals surface area contributed by atoms with Crippen LogP contribution in [0, 0.1) is 17.1 Å². The average Bonchev–Trinajstić information content (AvgIpc) is 3.40. The van der Waals surface area contributed by atoms with Crippen LogP contribution in [0.2, 0.25) is 0 Å². The molecule has 0 amide bonds. The Hall–Kier alpha value is -4.01. The van der Waals surface area contributed by atoms with Crippen molar-refractivity contribution in [2.24, 2.45) is 0 Å². The highest BCUT2D eigenvalue weighted by molar-refractivity contribution is 9.10. The maximum absolute atomic E-state index is 14.8. The molecule has 5 rings (SSSR count). The molecule has 37 heavy (non-hydrogen) atoms. The number of hydrogen-bond donors (Lipinski definition) is 0. The molecule has 0 bridgehead atoms. The van der Waals surface area contributed by atoms with Gasteiger partial charge in [-0.2, -0.15) is 5.26 Å². The number of halogens is 2. The summed E-state index contributed by atoms with van der Waals surface area (Å²) in [5, 5.41) is 10.1. The van der Waals surface area contributed by atoms with Crippen LogP contribution in [-0.2, 0) is 17.4 Å². The molecule has 1 atom stereocenters. The van der Waals surface area contributed by atoms with Crippen molar-refractivity contribution in [3.05, 3.63) is 160 Å². The van der Waals surface area contributed by atoms with Crippen molar-refractivity contribution in [1.29, 1.82) is 5.26 Å². The number of nitrogens with zero attached hydrogens (tertiary/aromatic N) is 3. The van der Waals surface area contributed by atoms with Crippen molar-refractivity contribution in [2.75, 3.05) is 0 Å². The summed E-state index contributed by atoms with van der Waals surface area (Å²) < 4.78 is 17.7. The minimum absolute atomic E-state index is 0.262. The van der Waals surface area contributed by atoms with Gasteiger partial charge in [-0.15, -0.1) is 0 Å². The summed E-state index contributed by atoms with van der Waals surface area (Å²) in [6, 6.07) is 38.0. The van der Waals surface area contributed by atoms with E-state index in [9.17, 15) is 9.65 Å². The van der Waals surface area contributed by atoms with Gasteiger partial charge in [0.05, 0.1) is 23.5 Å². The molecule has 0 saturated carbocycles. The fraction of sp³-hybridized carbons (Fsp3) is 0.125. The van der Waals surface area contributed by atoms with Crippen LogP contribution >= 0.6 is 15.9 Å². The molecule has 1 unspecified atom stereocenters. The molecule has 4 aromatic carbocycles. The summed E-state index contributed by atoms with van der Waals surface area (Å²) >= 11 is 3.42. The highest BCUT2D eigenvalue weighted by Crippen LogP contribution is 2.41. The Morgan fingerprint density at radius 1 is 0.838 bits per heavy atom. The van der Waals surface area contributed by atoms with Crippen LogP contribution in [0.1, 0.15) is 34.9 Å². The standard InChI is InChI=1S/C32H25BrFN3/c1-31(22-35,29-19-27(33)17-18-30(29)34)20-28-21-37(23-36-28)32(24-11-5-2-6-12-24,25-13-7-3-8-14-25)26-15-9-4-10-16-26/h2-19,21,23H,20H2,1H3.